The Hall–Kier alpha value is -2.01. The molecule has 0 amide bonds. The van der Waals surface area contributed by atoms with Gasteiger partial charge in [-0.05, 0) is 25.7 Å². The van der Waals surface area contributed by atoms with Crippen molar-refractivity contribution in [3.8, 4) is 0 Å². The number of benzene rings is 2. The average Bonchev–Trinajstić information content (AvgIpc) is 3.11. The van der Waals surface area contributed by atoms with E-state index < -0.39 is 57.5 Å². The second-order valence-corrected chi connectivity index (χ2v) is 9.73. The maximum atomic E-state index is 14.8. The van der Waals surface area contributed by atoms with Gasteiger partial charge in [0, 0.05) is 17.0 Å². The summed E-state index contributed by atoms with van der Waals surface area (Å²) in [5.41, 5.74) is 1.22. The fourth-order valence-corrected chi connectivity index (χ4v) is 5.30. The summed E-state index contributed by atoms with van der Waals surface area (Å²) in [6.07, 6.45) is -2.43. The quantitative estimate of drug-likeness (QED) is 0.496. The Morgan fingerprint density at radius 1 is 0.906 bits per heavy atom. The number of ether oxygens (including phenoxy) is 2. The van der Waals surface area contributed by atoms with Gasteiger partial charge in [-0.25, -0.2) is 0 Å². The van der Waals surface area contributed by atoms with Gasteiger partial charge < -0.3 is 9.47 Å². The zero-order chi connectivity index (χ0) is 23.4. The first-order valence-electron chi connectivity index (χ1n) is 10.1. The van der Waals surface area contributed by atoms with Crippen LogP contribution in [0.4, 0.5) is 17.6 Å². The van der Waals surface area contributed by atoms with Crippen LogP contribution in [0.3, 0.4) is 0 Å². The van der Waals surface area contributed by atoms with Crippen LogP contribution in [0, 0.1) is 11.8 Å². The summed E-state index contributed by atoms with van der Waals surface area (Å²) in [4.78, 5) is 0. The Kier molecular flexibility index (Phi) is 5.64. The minimum atomic E-state index is -6.33. The number of fused-ring (bicyclic) bond motifs is 2. The van der Waals surface area contributed by atoms with Gasteiger partial charge in [-0.3, -0.25) is 4.55 Å². The summed E-state index contributed by atoms with van der Waals surface area (Å²) in [6, 6.07) is 17.7. The first-order chi connectivity index (χ1) is 14.9. The molecule has 0 radical (unpaired) electrons. The molecule has 1 saturated heterocycles. The summed E-state index contributed by atoms with van der Waals surface area (Å²) in [5, 5.41) is -5.63. The number of halogens is 4. The van der Waals surface area contributed by atoms with Crippen molar-refractivity contribution in [1.82, 2.24) is 0 Å². The Morgan fingerprint density at radius 2 is 1.41 bits per heavy atom. The predicted molar refractivity (Wildman–Crippen MR) is 107 cm³/mol. The Labute approximate surface area is 183 Å². The average molecular weight is 474 g/mol. The van der Waals surface area contributed by atoms with E-state index in [0.29, 0.717) is 11.1 Å². The molecule has 0 aromatic heterocycles. The first kappa shape index (κ1) is 23.2. The fraction of sp³-hybridized carbons (Fsp3) is 0.455. The molecule has 5 nitrogen and oxygen atoms in total. The minimum absolute atomic E-state index is 0.0234. The highest BCUT2D eigenvalue weighted by atomic mass is 32.2. The molecule has 2 aliphatic rings. The number of rotatable bonds is 5. The van der Waals surface area contributed by atoms with Crippen LogP contribution in [0.2, 0.25) is 0 Å². The highest BCUT2D eigenvalue weighted by molar-refractivity contribution is 7.87. The molecule has 32 heavy (non-hydrogen) atoms. The molecule has 0 spiro atoms. The molecule has 1 N–H and O–H groups in total. The maximum Gasteiger partial charge on any atom is 0.431 e. The van der Waals surface area contributed by atoms with Gasteiger partial charge in [-0.15, -0.1) is 0 Å². The SMILES string of the molecule is CC1OC(c2ccccc2)(c2ccccc2)OC2CC1C(C(F)(F)C(F)(F)S(=O)(=O)O)C2. The normalized spacial score (nSPS) is 28.3. The van der Waals surface area contributed by atoms with Gasteiger partial charge >= 0.3 is 21.3 Å². The second kappa shape index (κ2) is 7.79. The Bertz CT molecular complexity index is 1020. The van der Waals surface area contributed by atoms with E-state index in [0.717, 1.165) is 0 Å². The van der Waals surface area contributed by atoms with Crippen LogP contribution in [0.15, 0.2) is 60.7 Å². The molecule has 1 aliphatic carbocycles. The van der Waals surface area contributed by atoms with E-state index in [1.807, 2.05) is 0 Å². The van der Waals surface area contributed by atoms with Gasteiger partial charge in [0.15, 0.2) is 0 Å². The lowest BCUT2D eigenvalue weighted by Crippen LogP contribution is -2.54. The molecule has 1 saturated carbocycles. The minimum Gasteiger partial charge on any atom is -0.339 e. The van der Waals surface area contributed by atoms with Crippen LogP contribution >= 0.6 is 0 Å². The molecule has 1 aliphatic heterocycles. The lowest BCUT2D eigenvalue weighted by Gasteiger charge is -2.41. The maximum absolute atomic E-state index is 14.8. The van der Waals surface area contributed by atoms with Gasteiger partial charge in [0.05, 0.1) is 12.2 Å². The fourth-order valence-electron chi connectivity index (χ4n) is 4.81. The van der Waals surface area contributed by atoms with Crippen molar-refractivity contribution in [3.05, 3.63) is 71.8 Å². The molecule has 4 atom stereocenters. The van der Waals surface area contributed by atoms with Crippen LogP contribution in [0.25, 0.3) is 0 Å². The third kappa shape index (κ3) is 3.53. The van der Waals surface area contributed by atoms with Crippen LogP contribution < -0.4 is 0 Å². The lowest BCUT2D eigenvalue weighted by molar-refractivity contribution is -0.274. The second-order valence-electron chi connectivity index (χ2n) is 8.27. The molecule has 174 valence electrons. The topological polar surface area (TPSA) is 72.8 Å². The van der Waals surface area contributed by atoms with E-state index in [1.54, 1.807) is 60.7 Å². The Balaban J connectivity index is 1.75. The van der Waals surface area contributed by atoms with E-state index in [4.69, 9.17) is 14.0 Å². The zero-order valence-corrected chi connectivity index (χ0v) is 17.8. The van der Waals surface area contributed by atoms with Crippen LogP contribution in [0.1, 0.15) is 30.9 Å². The van der Waals surface area contributed by atoms with Gasteiger partial charge in [0.2, 0.25) is 5.79 Å². The van der Waals surface area contributed by atoms with Crippen molar-refractivity contribution in [1.29, 1.82) is 0 Å². The summed E-state index contributed by atoms with van der Waals surface area (Å²) < 4.78 is 101. The van der Waals surface area contributed by atoms with Crippen molar-refractivity contribution in [2.75, 3.05) is 0 Å². The molecular formula is C22H22F4O5S. The molecular weight excluding hydrogens is 452 g/mol. The smallest absolute Gasteiger partial charge is 0.339 e. The highest BCUT2D eigenvalue weighted by Crippen LogP contribution is 2.56. The van der Waals surface area contributed by atoms with E-state index in [9.17, 15) is 26.0 Å². The van der Waals surface area contributed by atoms with Crippen molar-refractivity contribution < 1.29 is 40.0 Å². The number of hydrogen-bond acceptors (Lipinski definition) is 4. The molecule has 2 bridgehead atoms. The van der Waals surface area contributed by atoms with E-state index in [1.165, 1.54) is 6.92 Å². The van der Waals surface area contributed by atoms with Gasteiger partial charge in [0.1, 0.15) is 0 Å². The summed E-state index contributed by atoms with van der Waals surface area (Å²) >= 11 is 0. The van der Waals surface area contributed by atoms with Crippen LogP contribution in [-0.4, -0.2) is 36.4 Å². The largest absolute Gasteiger partial charge is 0.431 e. The van der Waals surface area contributed by atoms with E-state index >= 15 is 0 Å². The van der Waals surface area contributed by atoms with Crippen molar-refractivity contribution in [3.63, 3.8) is 0 Å². The Morgan fingerprint density at radius 3 is 1.88 bits per heavy atom. The molecule has 4 unspecified atom stereocenters. The van der Waals surface area contributed by atoms with Gasteiger partial charge in [0.25, 0.3) is 0 Å². The van der Waals surface area contributed by atoms with Crippen molar-refractivity contribution >= 4 is 10.1 Å². The summed E-state index contributed by atoms with van der Waals surface area (Å²) in [6.45, 7) is 1.48. The van der Waals surface area contributed by atoms with Crippen LogP contribution in [-0.2, 0) is 25.4 Å². The summed E-state index contributed by atoms with van der Waals surface area (Å²) in [7, 11) is -6.33. The van der Waals surface area contributed by atoms with Crippen molar-refractivity contribution in [2.24, 2.45) is 11.8 Å². The van der Waals surface area contributed by atoms with Gasteiger partial charge in [-0.2, -0.15) is 26.0 Å². The van der Waals surface area contributed by atoms with Gasteiger partial charge in [-0.1, -0.05) is 60.7 Å². The zero-order valence-electron chi connectivity index (χ0n) is 17.0. The molecule has 10 heteroatoms. The molecule has 1 heterocycles. The molecule has 2 aromatic rings. The predicted octanol–water partition coefficient (Wildman–Crippen LogP) is 4.83. The third-order valence-corrected chi connectivity index (χ3v) is 7.26. The molecule has 2 aromatic carbocycles. The number of hydrogen-bond donors (Lipinski definition) is 1. The first-order valence-corrected chi connectivity index (χ1v) is 11.5. The number of alkyl halides is 4. The molecule has 2 fully saturated rings. The van der Waals surface area contributed by atoms with E-state index in [-0.39, 0.29) is 6.42 Å². The van der Waals surface area contributed by atoms with E-state index in [2.05, 4.69) is 0 Å². The van der Waals surface area contributed by atoms with Crippen LogP contribution in [0.5, 0.6) is 0 Å². The lowest BCUT2D eigenvalue weighted by atomic mass is 9.85. The highest BCUT2D eigenvalue weighted by Gasteiger charge is 2.72. The standard InChI is InChI=1S/C22H22F4O5S/c1-14-18-12-17(13-19(18)21(23,24)22(25,26)32(27,28)29)31-20(30-14,15-8-4-2-5-9-15)16-10-6-3-7-11-16/h2-11,14,17-19H,12-13H2,1H3,(H,27,28,29). The van der Waals surface area contributed by atoms with Crippen molar-refractivity contribution in [2.45, 2.75) is 48.9 Å². The monoisotopic (exact) mass is 474 g/mol. The third-order valence-electron chi connectivity index (χ3n) is 6.34. The summed E-state index contributed by atoms with van der Waals surface area (Å²) in [5.74, 6) is -9.66. The molecule has 4 rings (SSSR count).